The van der Waals surface area contributed by atoms with E-state index in [1.54, 1.807) is 12.5 Å². The van der Waals surface area contributed by atoms with Gasteiger partial charge in [0.2, 0.25) is 12.0 Å². The molecular weight excluding hydrogens is 144 g/mol. The molecule has 1 atom stereocenters. The molecular formula is C6H9N4O+. The van der Waals surface area contributed by atoms with Crippen molar-refractivity contribution in [1.82, 2.24) is 5.01 Å². The molecule has 0 radical (unpaired) electrons. The Hall–Kier alpha value is -1.33. The maximum Gasteiger partial charge on any atom is 0.277 e. The summed E-state index contributed by atoms with van der Waals surface area (Å²) in [5, 5.41) is 10.7. The van der Waals surface area contributed by atoms with E-state index >= 15 is 0 Å². The molecule has 2 aliphatic rings. The largest absolute Gasteiger partial charge is 0.489 e. The first-order chi connectivity index (χ1) is 5.27. The number of hydrogen-bond acceptors (Lipinski definition) is 4. The summed E-state index contributed by atoms with van der Waals surface area (Å²) in [6.07, 6.45) is 5.21. The van der Waals surface area contributed by atoms with Crippen LogP contribution in [0.3, 0.4) is 0 Å². The van der Waals surface area contributed by atoms with Crippen LogP contribution in [0, 0.1) is 0 Å². The van der Waals surface area contributed by atoms with Gasteiger partial charge in [0.1, 0.15) is 12.7 Å². The third-order valence-electron chi connectivity index (χ3n) is 1.73. The van der Waals surface area contributed by atoms with Gasteiger partial charge in [0.05, 0.1) is 6.20 Å². The van der Waals surface area contributed by atoms with E-state index in [1.165, 1.54) is 5.01 Å². The maximum absolute atomic E-state index is 9.19. The first kappa shape index (κ1) is 6.38. The number of aliphatic hydroxyl groups excluding tert-OH is 1. The molecule has 0 aromatic heterocycles. The normalized spacial score (nSPS) is 28.1. The van der Waals surface area contributed by atoms with Crippen molar-refractivity contribution in [3.8, 4) is 0 Å². The van der Waals surface area contributed by atoms with E-state index < -0.39 is 0 Å². The molecule has 5 heteroatoms. The van der Waals surface area contributed by atoms with Crippen LogP contribution < -0.4 is 10.7 Å². The average molecular weight is 153 g/mol. The van der Waals surface area contributed by atoms with E-state index in [4.69, 9.17) is 5.84 Å². The third kappa shape index (κ3) is 0.903. The van der Waals surface area contributed by atoms with Crippen LogP contribution in [0.1, 0.15) is 0 Å². The first-order valence-corrected chi connectivity index (χ1v) is 3.30. The molecule has 2 heterocycles. The molecule has 2 rings (SSSR count). The van der Waals surface area contributed by atoms with Crippen LogP contribution >= 0.6 is 0 Å². The predicted molar refractivity (Wildman–Crippen MR) is 39.1 cm³/mol. The van der Waals surface area contributed by atoms with E-state index in [0.29, 0.717) is 6.54 Å². The molecule has 58 valence electrons. The van der Waals surface area contributed by atoms with Crippen LogP contribution in [-0.4, -0.2) is 23.0 Å². The number of nitrogens with two attached hydrogens (primary N) is 1. The SMILES string of the molecule is NN1C=C[NH+]2C=NC(O)=C2C1. The van der Waals surface area contributed by atoms with E-state index in [-0.39, 0.29) is 5.88 Å². The number of rotatable bonds is 0. The Kier molecular flexibility index (Phi) is 1.21. The fourth-order valence-electron chi connectivity index (χ4n) is 1.13. The fourth-order valence-corrected chi connectivity index (χ4v) is 1.13. The highest BCUT2D eigenvalue weighted by Gasteiger charge is 2.27. The molecule has 0 fully saturated rings. The molecule has 0 amide bonds. The molecule has 4 N–H and O–H groups in total. The lowest BCUT2D eigenvalue weighted by Gasteiger charge is -2.19. The van der Waals surface area contributed by atoms with Gasteiger partial charge in [0.25, 0.3) is 5.88 Å². The zero-order chi connectivity index (χ0) is 7.84. The van der Waals surface area contributed by atoms with Crippen molar-refractivity contribution in [2.24, 2.45) is 10.8 Å². The molecule has 0 saturated heterocycles. The summed E-state index contributed by atoms with van der Waals surface area (Å²) in [7, 11) is 0. The predicted octanol–water partition coefficient (Wildman–Crippen LogP) is -1.70. The van der Waals surface area contributed by atoms with Crippen molar-refractivity contribution < 1.29 is 10.0 Å². The maximum atomic E-state index is 9.19. The molecule has 11 heavy (non-hydrogen) atoms. The molecule has 0 saturated carbocycles. The minimum Gasteiger partial charge on any atom is -0.489 e. The number of quaternary nitrogens is 1. The number of nitrogens with zero attached hydrogens (tertiary/aromatic N) is 2. The zero-order valence-electron chi connectivity index (χ0n) is 5.86. The second-order valence-electron chi connectivity index (χ2n) is 2.50. The second kappa shape index (κ2) is 2.08. The molecule has 0 bridgehead atoms. The molecule has 0 aliphatic carbocycles. The van der Waals surface area contributed by atoms with Crippen LogP contribution in [0.15, 0.2) is 29.0 Å². The van der Waals surface area contributed by atoms with Crippen molar-refractivity contribution in [3.63, 3.8) is 0 Å². The van der Waals surface area contributed by atoms with Gasteiger partial charge in [-0.2, -0.15) is 4.99 Å². The Morgan fingerprint density at radius 1 is 1.73 bits per heavy atom. The minimum atomic E-state index is 0.0831. The quantitative estimate of drug-likeness (QED) is 0.363. The van der Waals surface area contributed by atoms with Crippen LogP contribution in [0.4, 0.5) is 0 Å². The van der Waals surface area contributed by atoms with Gasteiger partial charge in [0, 0.05) is 0 Å². The summed E-state index contributed by atoms with van der Waals surface area (Å²) >= 11 is 0. The Labute approximate surface area is 63.7 Å². The van der Waals surface area contributed by atoms with Gasteiger partial charge >= 0.3 is 0 Å². The van der Waals surface area contributed by atoms with Gasteiger partial charge in [-0.15, -0.1) is 0 Å². The lowest BCUT2D eigenvalue weighted by Crippen LogP contribution is -3.05. The standard InChI is InChI=1S/C6H8N4O/c7-10-2-1-9-4-8-6(11)5(9)3-10/h1-2,4,11H,3,7H2/p+1. The summed E-state index contributed by atoms with van der Waals surface area (Å²) < 4.78 is 0. The molecule has 0 aromatic carbocycles. The second-order valence-corrected chi connectivity index (χ2v) is 2.50. The molecule has 0 spiro atoms. The Balaban J connectivity index is 2.34. The number of aliphatic imine (C=N–C) groups is 1. The van der Waals surface area contributed by atoms with Gasteiger partial charge < -0.3 is 10.1 Å². The van der Waals surface area contributed by atoms with E-state index in [0.717, 1.165) is 10.6 Å². The van der Waals surface area contributed by atoms with Crippen molar-refractivity contribution in [2.75, 3.05) is 6.54 Å². The first-order valence-electron chi connectivity index (χ1n) is 3.30. The van der Waals surface area contributed by atoms with Gasteiger partial charge in [0.15, 0.2) is 0 Å². The summed E-state index contributed by atoms with van der Waals surface area (Å²) in [6, 6.07) is 0. The zero-order valence-corrected chi connectivity index (χ0v) is 5.86. The number of hydrazine groups is 1. The van der Waals surface area contributed by atoms with Crippen LogP contribution in [0.25, 0.3) is 0 Å². The lowest BCUT2D eigenvalue weighted by atomic mass is 10.3. The summed E-state index contributed by atoms with van der Waals surface area (Å²) in [4.78, 5) is 4.70. The number of hydrogen-bond donors (Lipinski definition) is 3. The Morgan fingerprint density at radius 2 is 2.55 bits per heavy atom. The van der Waals surface area contributed by atoms with Crippen molar-refractivity contribution in [1.29, 1.82) is 0 Å². The highest BCUT2D eigenvalue weighted by atomic mass is 16.3. The molecule has 1 unspecified atom stereocenters. The highest BCUT2D eigenvalue weighted by molar-refractivity contribution is 5.51. The number of fused-ring (bicyclic) bond motifs is 1. The summed E-state index contributed by atoms with van der Waals surface area (Å²) in [5.74, 6) is 5.57. The smallest absolute Gasteiger partial charge is 0.277 e. The Bertz CT molecular complexity index is 268. The minimum absolute atomic E-state index is 0.0831. The lowest BCUT2D eigenvalue weighted by molar-refractivity contribution is -0.694. The van der Waals surface area contributed by atoms with Crippen molar-refractivity contribution >= 4 is 6.34 Å². The summed E-state index contributed by atoms with van der Waals surface area (Å²) in [6.45, 7) is 0.525. The van der Waals surface area contributed by atoms with Crippen molar-refractivity contribution in [3.05, 3.63) is 24.0 Å². The topological polar surface area (TPSA) is 66.3 Å². The van der Waals surface area contributed by atoms with Gasteiger partial charge in [-0.25, -0.2) is 10.7 Å². The van der Waals surface area contributed by atoms with Gasteiger partial charge in [-0.3, -0.25) is 0 Å². The van der Waals surface area contributed by atoms with Gasteiger partial charge in [-0.1, -0.05) is 0 Å². The van der Waals surface area contributed by atoms with E-state index in [2.05, 4.69) is 4.99 Å². The van der Waals surface area contributed by atoms with E-state index in [1.807, 2.05) is 6.20 Å². The summed E-state index contributed by atoms with van der Waals surface area (Å²) in [5.41, 5.74) is 0.801. The monoisotopic (exact) mass is 153 g/mol. The van der Waals surface area contributed by atoms with Crippen LogP contribution in [0.2, 0.25) is 0 Å². The molecule has 2 aliphatic heterocycles. The fraction of sp³-hybridized carbons (Fsp3) is 0.167. The average Bonchev–Trinajstić information content (AvgIpc) is 2.33. The molecule has 5 nitrogen and oxygen atoms in total. The Morgan fingerprint density at radius 3 is 3.36 bits per heavy atom. The number of aliphatic hydroxyl groups is 1. The van der Waals surface area contributed by atoms with Gasteiger partial charge in [-0.05, 0) is 0 Å². The van der Waals surface area contributed by atoms with Crippen LogP contribution in [0.5, 0.6) is 0 Å². The van der Waals surface area contributed by atoms with Crippen LogP contribution in [-0.2, 0) is 0 Å². The molecule has 0 aromatic rings. The number of nitrogens with one attached hydrogen (secondary N) is 1. The highest BCUT2D eigenvalue weighted by Crippen LogP contribution is 2.03. The van der Waals surface area contributed by atoms with E-state index in [9.17, 15) is 5.11 Å². The third-order valence-corrected chi connectivity index (χ3v) is 1.73. The van der Waals surface area contributed by atoms with Crippen molar-refractivity contribution in [2.45, 2.75) is 0 Å².